The summed E-state index contributed by atoms with van der Waals surface area (Å²) in [5.41, 5.74) is 11.9. The Morgan fingerprint density at radius 1 is 0.326 bits per heavy atom. The molecule has 0 saturated heterocycles. The Labute approximate surface area is 269 Å². The van der Waals surface area contributed by atoms with Crippen molar-refractivity contribution in [3.05, 3.63) is 188 Å². The standard InChI is InChI=1S/C44H31NO/c1-4-18-32(19-5-1)35-24-10-14-28-39(35)45(40-29-15-11-25-36(40)33-20-6-2-7-21-33)41-30-16-12-26-37(41)44-43(34-22-8-3-9-23-34)38-27-13-17-31-42(38)46-44/h1-31H. The lowest BCUT2D eigenvalue weighted by molar-refractivity contribution is 0.632. The van der Waals surface area contributed by atoms with Crippen LogP contribution in [-0.2, 0) is 0 Å². The van der Waals surface area contributed by atoms with Crippen molar-refractivity contribution >= 4 is 28.0 Å². The van der Waals surface area contributed by atoms with Crippen LogP contribution in [0.1, 0.15) is 0 Å². The smallest absolute Gasteiger partial charge is 0.145 e. The molecule has 7 aromatic carbocycles. The molecule has 2 nitrogen and oxygen atoms in total. The highest BCUT2D eigenvalue weighted by molar-refractivity contribution is 6.05. The van der Waals surface area contributed by atoms with Gasteiger partial charge in [0, 0.05) is 27.6 Å². The molecule has 0 spiro atoms. The third-order valence-corrected chi connectivity index (χ3v) is 8.51. The average molecular weight is 590 g/mol. The van der Waals surface area contributed by atoms with Gasteiger partial charge in [-0.25, -0.2) is 0 Å². The first-order valence-electron chi connectivity index (χ1n) is 15.6. The molecule has 0 saturated carbocycles. The van der Waals surface area contributed by atoms with Gasteiger partial charge in [-0.05, 0) is 47.0 Å². The second-order valence-electron chi connectivity index (χ2n) is 11.3. The molecular weight excluding hydrogens is 558 g/mol. The molecule has 0 bridgehead atoms. The van der Waals surface area contributed by atoms with E-state index in [1.807, 2.05) is 6.07 Å². The van der Waals surface area contributed by atoms with E-state index in [0.717, 1.165) is 72.7 Å². The summed E-state index contributed by atoms with van der Waals surface area (Å²) in [6, 6.07) is 66.1. The van der Waals surface area contributed by atoms with Gasteiger partial charge in [0.05, 0.1) is 17.1 Å². The summed E-state index contributed by atoms with van der Waals surface area (Å²) in [5.74, 6) is 0.849. The minimum absolute atomic E-state index is 0.849. The summed E-state index contributed by atoms with van der Waals surface area (Å²) in [6.45, 7) is 0. The molecule has 218 valence electrons. The molecule has 1 aromatic heterocycles. The van der Waals surface area contributed by atoms with Crippen molar-refractivity contribution in [3.8, 4) is 44.7 Å². The minimum Gasteiger partial charge on any atom is -0.455 e. The molecule has 2 heteroatoms. The van der Waals surface area contributed by atoms with E-state index in [-0.39, 0.29) is 0 Å². The highest BCUT2D eigenvalue weighted by Gasteiger charge is 2.26. The number of benzene rings is 7. The van der Waals surface area contributed by atoms with Crippen LogP contribution in [0.3, 0.4) is 0 Å². The van der Waals surface area contributed by atoms with Crippen LogP contribution in [-0.4, -0.2) is 0 Å². The van der Waals surface area contributed by atoms with Gasteiger partial charge >= 0.3 is 0 Å². The summed E-state index contributed by atoms with van der Waals surface area (Å²) in [4.78, 5) is 2.40. The summed E-state index contributed by atoms with van der Waals surface area (Å²) >= 11 is 0. The maximum atomic E-state index is 6.81. The first-order valence-corrected chi connectivity index (χ1v) is 15.6. The van der Waals surface area contributed by atoms with E-state index in [2.05, 4.69) is 187 Å². The predicted molar refractivity (Wildman–Crippen MR) is 193 cm³/mol. The molecule has 0 aliphatic heterocycles. The summed E-state index contributed by atoms with van der Waals surface area (Å²) in [5, 5.41) is 1.10. The third kappa shape index (κ3) is 4.96. The van der Waals surface area contributed by atoms with Crippen LogP contribution in [0.15, 0.2) is 192 Å². The Balaban J connectivity index is 1.45. The SMILES string of the molecule is c1ccc(-c2ccccc2N(c2ccccc2-c2ccccc2)c2ccccc2-c2oc3ccccc3c2-c2ccccc2)cc1. The zero-order chi connectivity index (χ0) is 30.7. The van der Waals surface area contributed by atoms with Crippen molar-refractivity contribution in [2.75, 3.05) is 4.90 Å². The number of hydrogen-bond donors (Lipinski definition) is 0. The molecule has 0 radical (unpaired) electrons. The molecule has 1 heterocycles. The molecule has 0 unspecified atom stereocenters. The second kappa shape index (κ2) is 12.1. The normalized spacial score (nSPS) is 11.0. The first-order chi connectivity index (χ1) is 22.9. The number of para-hydroxylation sites is 4. The van der Waals surface area contributed by atoms with E-state index in [0.29, 0.717) is 0 Å². The fourth-order valence-corrected chi connectivity index (χ4v) is 6.44. The topological polar surface area (TPSA) is 16.4 Å². The van der Waals surface area contributed by atoms with Crippen molar-refractivity contribution in [2.24, 2.45) is 0 Å². The molecule has 0 aliphatic carbocycles. The van der Waals surface area contributed by atoms with Crippen molar-refractivity contribution in [1.29, 1.82) is 0 Å². The fraction of sp³-hybridized carbons (Fsp3) is 0. The molecule has 0 amide bonds. The zero-order valence-electron chi connectivity index (χ0n) is 25.3. The summed E-state index contributed by atoms with van der Waals surface area (Å²) in [6.07, 6.45) is 0. The zero-order valence-corrected chi connectivity index (χ0v) is 25.3. The van der Waals surface area contributed by atoms with Crippen LogP contribution in [0.5, 0.6) is 0 Å². The lowest BCUT2D eigenvalue weighted by Crippen LogP contribution is -2.13. The van der Waals surface area contributed by atoms with Gasteiger partial charge in [0.15, 0.2) is 0 Å². The molecule has 0 atom stereocenters. The van der Waals surface area contributed by atoms with Crippen molar-refractivity contribution in [3.63, 3.8) is 0 Å². The van der Waals surface area contributed by atoms with Crippen molar-refractivity contribution in [1.82, 2.24) is 0 Å². The molecule has 0 aliphatic rings. The maximum Gasteiger partial charge on any atom is 0.145 e. The highest BCUT2D eigenvalue weighted by Crippen LogP contribution is 2.50. The van der Waals surface area contributed by atoms with Gasteiger partial charge in [0.2, 0.25) is 0 Å². The minimum atomic E-state index is 0.849. The lowest BCUT2D eigenvalue weighted by Gasteiger charge is -2.31. The molecule has 0 N–H and O–H groups in total. The quantitative estimate of drug-likeness (QED) is 0.184. The summed E-state index contributed by atoms with van der Waals surface area (Å²) in [7, 11) is 0. The van der Waals surface area contributed by atoms with E-state index in [4.69, 9.17) is 4.42 Å². The van der Waals surface area contributed by atoms with Crippen molar-refractivity contribution < 1.29 is 4.42 Å². The second-order valence-corrected chi connectivity index (χ2v) is 11.3. The van der Waals surface area contributed by atoms with E-state index >= 15 is 0 Å². The Morgan fingerprint density at radius 3 is 1.26 bits per heavy atom. The number of fused-ring (bicyclic) bond motifs is 1. The Morgan fingerprint density at radius 2 is 0.717 bits per heavy atom. The predicted octanol–water partition coefficient (Wildman–Crippen LogP) is 12.6. The molecule has 46 heavy (non-hydrogen) atoms. The van der Waals surface area contributed by atoms with E-state index in [1.165, 1.54) is 0 Å². The van der Waals surface area contributed by atoms with Gasteiger partial charge in [-0.2, -0.15) is 0 Å². The van der Waals surface area contributed by atoms with E-state index in [1.54, 1.807) is 0 Å². The third-order valence-electron chi connectivity index (χ3n) is 8.51. The van der Waals surface area contributed by atoms with Crippen LogP contribution in [0.25, 0.3) is 55.7 Å². The fourth-order valence-electron chi connectivity index (χ4n) is 6.44. The van der Waals surface area contributed by atoms with E-state index < -0.39 is 0 Å². The summed E-state index contributed by atoms with van der Waals surface area (Å²) < 4.78 is 6.81. The van der Waals surface area contributed by atoms with Crippen LogP contribution in [0, 0.1) is 0 Å². The number of nitrogens with zero attached hydrogens (tertiary/aromatic N) is 1. The molecule has 8 rings (SSSR count). The lowest BCUT2D eigenvalue weighted by atomic mass is 9.95. The first kappa shape index (κ1) is 27.4. The van der Waals surface area contributed by atoms with Crippen LogP contribution >= 0.6 is 0 Å². The van der Waals surface area contributed by atoms with Crippen molar-refractivity contribution in [2.45, 2.75) is 0 Å². The Bertz CT molecular complexity index is 2170. The van der Waals surface area contributed by atoms with Gasteiger partial charge in [-0.1, -0.05) is 158 Å². The van der Waals surface area contributed by atoms with Gasteiger partial charge in [-0.3, -0.25) is 0 Å². The Hall–Kier alpha value is -6.12. The molecule has 0 fully saturated rings. The van der Waals surface area contributed by atoms with Gasteiger partial charge in [0.25, 0.3) is 0 Å². The highest BCUT2D eigenvalue weighted by atomic mass is 16.3. The van der Waals surface area contributed by atoms with Crippen LogP contribution in [0.2, 0.25) is 0 Å². The number of anilines is 3. The monoisotopic (exact) mass is 589 g/mol. The maximum absolute atomic E-state index is 6.81. The molecular formula is C44H31NO. The average Bonchev–Trinajstić information content (AvgIpc) is 3.53. The largest absolute Gasteiger partial charge is 0.455 e. The number of rotatable bonds is 7. The van der Waals surface area contributed by atoms with Gasteiger partial charge in [0.1, 0.15) is 11.3 Å². The Kier molecular flexibility index (Phi) is 7.22. The molecule has 8 aromatic rings. The number of furan rings is 1. The van der Waals surface area contributed by atoms with Gasteiger partial charge < -0.3 is 9.32 Å². The van der Waals surface area contributed by atoms with E-state index in [9.17, 15) is 0 Å². The van der Waals surface area contributed by atoms with Crippen LogP contribution < -0.4 is 4.90 Å². The van der Waals surface area contributed by atoms with Crippen LogP contribution in [0.4, 0.5) is 17.1 Å². The van der Waals surface area contributed by atoms with Gasteiger partial charge in [-0.15, -0.1) is 0 Å². The number of hydrogen-bond acceptors (Lipinski definition) is 2.